The molecule has 5 nitrogen and oxygen atoms in total. The average molecular weight is 415 g/mol. The lowest BCUT2D eigenvalue weighted by Gasteiger charge is -2.35. The maximum atomic E-state index is 12.4. The van der Waals surface area contributed by atoms with Gasteiger partial charge in [0, 0.05) is 37.2 Å². The highest BCUT2D eigenvalue weighted by atomic mass is 79.9. The minimum Gasteiger partial charge on any atom is -0.500 e. The quantitative estimate of drug-likeness (QED) is 0.709. The van der Waals surface area contributed by atoms with Gasteiger partial charge < -0.3 is 14.4 Å². The van der Waals surface area contributed by atoms with Crippen molar-refractivity contribution < 1.29 is 9.52 Å². The van der Waals surface area contributed by atoms with Gasteiger partial charge in [-0.3, -0.25) is 9.69 Å². The van der Waals surface area contributed by atoms with Crippen LogP contribution in [-0.2, 0) is 6.54 Å². The molecule has 0 saturated carbocycles. The number of hydrogen-bond donors (Lipinski definition) is 1. The monoisotopic (exact) mass is 414 g/mol. The van der Waals surface area contributed by atoms with Crippen molar-refractivity contribution in [2.45, 2.75) is 6.54 Å². The van der Waals surface area contributed by atoms with Gasteiger partial charge in [0.25, 0.3) is 0 Å². The summed E-state index contributed by atoms with van der Waals surface area (Å²) in [6.07, 6.45) is 0. The van der Waals surface area contributed by atoms with E-state index in [2.05, 4.69) is 33.0 Å². The van der Waals surface area contributed by atoms with Crippen LogP contribution >= 0.6 is 15.9 Å². The van der Waals surface area contributed by atoms with Crippen LogP contribution in [-0.4, -0.2) is 36.2 Å². The molecule has 134 valence electrons. The number of para-hydroxylation sites is 1. The molecule has 1 saturated heterocycles. The normalized spacial score (nSPS) is 15.5. The Bertz CT molecular complexity index is 994. The average Bonchev–Trinajstić information content (AvgIpc) is 2.65. The van der Waals surface area contributed by atoms with Gasteiger partial charge in [0.2, 0.25) is 17.1 Å². The number of benzene rings is 2. The van der Waals surface area contributed by atoms with Crippen molar-refractivity contribution in [3.8, 4) is 5.75 Å². The lowest BCUT2D eigenvalue weighted by molar-refractivity contribution is 0.245. The highest BCUT2D eigenvalue weighted by molar-refractivity contribution is 9.10. The van der Waals surface area contributed by atoms with Gasteiger partial charge in [0.05, 0.1) is 5.39 Å². The summed E-state index contributed by atoms with van der Waals surface area (Å²) >= 11 is 3.51. The maximum Gasteiger partial charge on any atom is 0.242 e. The number of halogens is 1. The number of nitrogens with zero attached hydrogens (tertiary/aromatic N) is 2. The molecule has 6 heteroatoms. The summed E-state index contributed by atoms with van der Waals surface area (Å²) in [5.74, 6) is -0.0278. The molecule has 0 atom stereocenters. The Morgan fingerprint density at radius 3 is 2.58 bits per heavy atom. The van der Waals surface area contributed by atoms with Gasteiger partial charge >= 0.3 is 0 Å². The SMILES string of the molecule is O=c1c(O)c(N2CCN(Cc3cccc(Br)c3)CC2)oc2ccccc12. The first-order chi connectivity index (χ1) is 12.6. The standard InChI is InChI=1S/C20H19BrN2O3/c21-15-5-3-4-14(12-15)13-22-8-10-23(11-9-22)20-19(25)18(24)16-6-1-2-7-17(16)26-20/h1-7,12,25H,8-11,13H2. The summed E-state index contributed by atoms with van der Waals surface area (Å²) in [6, 6.07) is 15.3. The first kappa shape index (κ1) is 17.1. The number of rotatable bonds is 3. The lowest BCUT2D eigenvalue weighted by atomic mass is 10.2. The lowest BCUT2D eigenvalue weighted by Crippen LogP contribution is -2.46. The van der Waals surface area contributed by atoms with Gasteiger partial charge in [-0.1, -0.05) is 40.2 Å². The Hall–Kier alpha value is -2.31. The van der Waals surface area contributed by atoms with Gasteiger partial charge in [-0.25, -0.2) is 0 Å². The van der Waals surface area contributed by atoms with Gasteiger partial charge in [-0.05, 0) is 29.8 Å². The zero-order valence-electron chi connectivity index (χ0n) is 14.2. The number of aromatic hydroxyl groups is 1. The van der Waals surface area contributed by atoms with Crippen LogP contribution in [0.1, 0.15) is 5.56 Å². The molecule has 1 aliphatic rings. The number of hydrogen-bond acceptors (Lipinski definition) is 5. The molecule has 0 amide bonds. The van der Waals surface area contributed by atoms with Crippen LogP contribution in [0.15, 0.2) is 62.2 Å². The molecule has 0 bridgehead atoms. The zero-order chi connectivity index (χ0) is 18.1. The van der Waals surface area contributed by atoms with Crippen molar-refractivity contribution in [2.24, 2.45) is 0 Å². The fraction of sp³-hybridized carbons (Fsp3) is 0.250. The maximum absolute atomic E-state index is 12.4. The first-order valence-electron chi connectivity index (χ1n) is 8.58. The summed E-state index contributed by atoms with van der Waals surface area (Å²) in [4.78, 5) is 16.7. The highest BCUT2D eigenvalue weighted by Gasteiger charge is 2.23. The van der Waals surface area contributed by atoms with E-state index in [1.54, 1.807) is 18.2 Å². The molecule has 2 aromatic carbocycles. The third kappa shape index (κ3) is 3.34. The van der Waals surface area contributed by atoms with Crippen LogP contribution in [0, 0.1) is 0 Å². The van der Waals surface area contributed by atoms with Crippen LogP contribution in [0.3, 0.4) is 0 Å². The van der Waals surface area contributed by atoms with E-state index in [0.29, 0.717) is 24.1 Å². The topological polar surface area (TPSA) is 56.9 Å². The minimum atomic E-state index is -0.376. The van der Waals surface area contributed by atoms with E-state index >= 15 is 0 Å². The van der Waals surface area contributed by atoms with Crippen molar-refractivity contribution in [3.63, 3.8) is 0 Å². The van der Waals surface area contributed by atoms with Crippen LogP contribution in [0.25, 0.3) is 11.0 Å². The molecule has 1 aliphatic heterocycles. The molecular formula is C20H19BrN2O3. The van der Waals surface area contributed by atoms with Crippen molar-refractivity contribution in [2.75, 3.05) is 31.1 Å². The highest BCUT2D eigenvalue weighted by Crippen LogP contribution is 2.29. The van der Waals surface area contributed by atoms with Gasteiger partial charge in [0.15, 0.2) is 0 Å². The molecule has 0 unspecified atom stereocenters. The fourth-order valence-corrected chi connectivity index (χ4v) is 3.78. The molecule has 1 fully saturated rings. The van der Waals surface area contributed by atoms with Crippen molar-refractivity contribution >= 4 is 32.8 Å². The van der Waals surface area contributed by atoms with E-state index in [0.717, 1.165) is 24.1 Å². The zero-order valence-corrected chi connectivity index (χ0v) is 15.8. The third-order valence-electron chi connectivity index (χ3n) is 4.71. The third-order valence-corrected chi connectivity index (χ3v) is 5.20. The molecule has 0 aliphatic carbocycles. The molecule has 0 radical (unpaired) electrons. The van der Waals surface area contributed by atoms with Crippen LogP contribution in [0.4, 0.5) is 5.88 Å². The molecule has 26 heavy (non-hydrogen) atoms. The predicted molar refractivity (Wildman–Crippen MR) is 106 cm³/mol. The molecular weight excluding hydrogens is 396 g/mol. The molecule has 2 heterocycles. The fourth-order valence-electron chi connectivity index (χ4n) is 3.34. The molecule has 1 aromatic heterocycles. The Morgan fingerprint density at radius 1 is 1.04 bits per heavy atom. The van der Waals surface area contributed by atoms with E-state index in [9.17, 15) is 9.90 Å². The molecule has 4 rings (SSSR count). The number of piperazine rings is 1. The van der Waals surface area contributed by atoms with Crippen molar-refractivity contribution in [1.29, 1.82) is 0 Å². The second kappa shape index (κ2) is 7.13. The van der Waals surface area contributed by atoms with Gasteiger partial charge in [-0.2, -0.15) is 0 Å². The predicted octanol–water partition coefficient (Wildman–Crippen LogP) is 3.58. The molecule has 3 aromatic rings. The summed E-state index contributed by atoms with van der Waals surface area (Å²) in [7, 11) is 0. The van der Waals surface area contributed by atoms with Gasteiger partial charge in [-0.15, -0.1) is 0 Å². The Morgan fingerprint density at radius 2 is 1.81 bits per heavy atom. The van der Waals surface area contributed by atoms with Crippen LogP contribution < -0.4 is 10.3 Å². The summed E-state index contributed by atoms with van der Waals surface area (Å²) < 4.78 is 6.91. The van der Waals surface area contributed by atoms with Crippen molar-refractivity contribution in [1.82, 2.24) is 4.90 Å². The Balaban J connectivity index is 1.50. The summed E-state index contributed by atoms with van der Waals surface area (Å²) in [5, 5.41) is 10.7. The van der Waals surface area contributed by atoms with Crippen LogP contribution in [0.5, 0.6) is 5.75 Å². The van der Waals surface area contributed by atoms with E-state index in [4.69, 9.17) is 4.42 Å². The second-order valence-electron chi connectivity index (χ2n) is 6.47. The largest absolute Gasteiger partial charge is 0.500 e. The van der Waals surface area contributed by atoms with Crippen LogP contribution in [0.2, 0.25) is 0 Å². The van der Waals surface area contributed by atoms with E-state index < -0.39 is 0 Å². The Labute approximate surface area is 159 Å². The van der Waals surface area contributed by atoms with E-state index in [-0.39, 0.29) is 17.1 Å². The van der Waals surface area contributed by atoms with E-state index in [1.165, 1.54) is 5.56 Å². The second-order valence-corrected chi connectivity index (χ2v) is 7.39. The number of fused-ring (bicyclic) bond motifs is 1. The Kier molecular flexibility index (Phi) is 4.70. The summed E-state index contributed by atoms with van der Waals surface area (Å²) in [5.41, 5.74) is 1.38. The van der Waals surface area contributed by atoms with Crippen molar-refractivity contribution in [3.05, 3.63) is 68.8 Å². The summed E-state index contributed by atoms with van der Waals surface area (Å²) in [6.45, 7) is 3.94. The smallest absolute Gasteiger partial charge is 0.242 e. The van der Waals surface area contributed by atoms with E-state index in [1.807, 2.05) is 23.1 Å². The molecule has 1 N–H and O–H groups in total. The molecule has 0 spiro atoms. The number of anilines is 1. The van der Waals surface area contributed by atoms with Gasteiger partial charge in [0.1, 0.15) is 5.58 Å². The first-order valence-corrected chi connectivity index (χ1v) is 9.37. The minimum absolute atomic E-state index is 0.274.